The van der Waals surface area contributed by atoms with E-state index in [1.165, 1.54) is 0 Å². The fourth-order valence-electron chi connectivity index (χ4n) is 2.01. The van der Waals surface area contributed by atoms with E-state index in [1.807, 2.05) is 49.4 Å². The number of aliphatic hydroxyl groups excluding tert-OH is 1. The zero-order valence-corrected chi connectivity index (χ0v) is 12.7. The number of benzene rings is 2. The molecule has 3 nitrogen and oxygen atoms in total. The monoisotopic (exact) mass is 333 g/mol. The molecule has 1 atom stereocenters. The maximum Gasteiger partial charge on any atom is 0.252 e. The summed E-state index contributed by atoms with van der Waals surface area (Å²) < 4.78 is 0.894. The van der Waals surface area contributed by atoms with Crippen LogP contribution in [-0.2, 0) is 0 Å². The molecule has 0 aliphatic carbocycles. The Bertz CT molecular complexity index is 599. The number of hydrogen-bond acceptors (Lipinski definition) is 2. The third-order valence-electron chi connectivity index (χ3n) is 3.20. The summed E-state index contributed by atoms with van der Waals surface area (Å²) in [5.41, 5.74) is 2.37. The first-order chi connectivity index (χ1) is 9.63. The van der Waals surface area contributed by atoms with Gasteiger partial charge in [0.2, 0.25) is 0 Å². The van der Waals surface area contributed by atoms with Gasteiger partial charge in [0, 0.05) is 10.0 Å². The zero-order valence-electron chi connectivity index (χ0n) is 11.1. The Kier molecular flexibility index (Phi) is 4.93. The van der Waals surface area contributed by atoms with Crippen molar-refractivity contribution in [2.45, 2.75) is 13.0 Å². The minimum absolute atomic E-state index is 0.136. The fraction of sp³-hybridized carbons (Fsp3) is 0.188. The second kappa shape index (κ2) is 6.68. The minimum Gasteiger partial charge on any atom is -0.394 e. The molecule has 0 saturated carbocycles. The molecule has 0 heterocycles. The summed E-state index contributed by atoms with van der Waals surface area (Å²) in [7, 11) is 0. The van der Waals surface area contributed by atoms with Crippen LogP contribution in [0.15, 0.2) is 53.0 Å². The molecule has 2 N–H and O–H groups in total. The van der Waals surface area contributed by atoms with Gasteiger partial charge in [-0.2, -0.15) is 0 Å². The molecule has 0 bridgehead atoms. The SMILES string of the molecule is Cc1c(Br)cccc1C(=O)N[C@@H](CO)c1ccccc1. The highest BCUT2D eigenvalue weighted by Gasteiger charge is 2.16. The van der Waals surface area contributed by atoms with Crippen molar-refractivity contribution in [3.8, 4) is 0 Å². The molecule has 0 aromatic heterocycles. The maximum atomic E-state index is 12.3. The highest BCUT2D eigenvalue weighted by atomic mass is 79.9. The lowest BCUT2D eigenvalue weighted by Gasteiger charge is -2.17. The van der Waals surface area contributed by atoms with Crippen molar-refractivity contribution in [3.63, 3.8) is 0 Å². The number of carbonyl (C=O) groups is 1. The molecule has 0 aliphatic heterocycles. The van der Waals surface area contributed by atoms with Gasteiger partial charge in [0.1, 0.15) is 0 Å². The second-order valence-corrected chi connectivity index (χ2v) is 5.39. The minimum atomic E-state index is -0.401. The smallest absolute Gasteiger partial charge is 0.252 e. The van der Waals surface area contributed by atoms with E-state index in [1.54, 1.807) is 6.07 Å². The number of aliphatic hydroxyl groups is 1. The van der Waals surface area contributed by atoms with Gasteiger partial charge in [-0.15, -0.1) is 0 Å². The fourth-order valence-corrected chi connectivity index (χ4v) is 2.38. The van der Waals surface area contributed by atoms with Crippen LogP contribution in [0.25, 0.3) is 0 Å². The van der Waals surface area contributed by atoms with E-state index >= 15 is 0 Å². The van der Waals surface area contributed by atoms with Gasteiger partial charge in [-0.3, -0.25) is 4.79 Å². The third kappa shape index (κ3) is 3.26. The normalized spacial score (nSPS) is 11.9. The third-order valence-corrected chi connectivity index (χ3v) is 4.06. The Hall–Kier alpha value is -1.65. The van der Waals surface area contributed by atoms with Crippen LogP contribution in [0.5, 0.6) is 0 Å². The summed E-state index contributed by atoms with van der Waals surface area (Å²) in [5.74, 6) is -0.188. The van der Waals surface area contributed by atoms with Gasteiger partial charge in [-0.05, 0) is 30.2 Å². The number of carbonyl (C=O) groups excluding carboxylic acids is 1. The maximum absolute atomic E-state index is 12.3. The summed E-state index contributed by atoms with van der Waals surface area (Å²) in [6.45, 7) is 1.75. The van der Waals surface area contributed by atoms with Gasteiger partial charge in [-0.1, -0.05) is 52.3 Å². The Labute approximate surface area is 126 Å². The van der Waals surface area contributed by atoms with E-state index in [9.17, 15) is 9.90 Å². The van der Waals surface area contributed by atoms with Gasteiger partial charge >= 0.3 is 0 Å². The molecule has 0 saturated heterocycles. The number of rotatable bonds is 4. The number of nitrogens with one attached hydrogen (secondary N) is 1. The first-order valence-corrected chi connectivity index (χ1v) is 7.14. The largest absolute Gasteiger partial charge is 0.394 e. The second-order valence-electron chi connectivity index (χ2n) is 4.53. The first kappa shape index (κ1) is 14.8. The van der Waals surface area contributed by atoms with Crippen LogP contribution in [0.2, 0.25) is 0 Å². The summed E-state index contributed by atoms with van der Waals surface area (Å²) in [5, 5.41) is 12.3. The molecule has 4 heteroatoms. The lowest BCUT2D eigenvalue weighted by molar-refractivity contribution is 0.0915. The Morgan fingerprint density at radius 3 is 2.55 bits per heavy atom. The van der Waals surface area contributed by atoms with Crippen LogP contribution in [-0.4, -0.2) is 17.6 Å². The molecule has 2 aromatic carbocycles. The van der Waals surface area contributed by atoms with Crippen LogP contribution >= 0.6 is 15.9 Å². The number of halogens is 1. The lowest BCUT2D eigenvalue weighted by atomic mass is 10.1. The Morgan fingerprint density at radius 2 is 1.90 bits per heavy atom. The van der Waals surface area contributed by atoms with Crippen molar-refractivity contribution in [2.24, 2.45) is 0 Å². The van der Waals surface area contributed by atoms with Crippen molar-refractivity contribution < 1.29 is 9.90 Å². The van der Waals surface area contributed by atoms with Gasteiger partial charge < -0.3 is 10.4 Å². The predicted molar refractivity (Wildman–Crippen MR) is 82.6 cm³/mol. The van der Waals surface area contributed by atoms with Crippen molar-refractivity contribution in [2.75, 3.05) is 6.61 Å². The molecule has 0 unspecified atom stereocenters. The standard InChI is InChI=1S/C16H16BrNO2/c1-11-13(8-5-9-14(11)17)16(20)18-15(10-19)12-6-3-2-4-7-12/h2-9,15,19H,10H2,1H3,(H,18,20)/t15-/m0/s1. The van der Waals surface area contributed by atoms with Crippen molar-refractivity contribution in [1.29, 1.82) is 0 Å². The average molecular weight is 334 g/mol. The molecule has 2 rings (SSSR count). The first-order valence-electron chi connectivity index (χ1n) is 6.35. The topological polar surface area (TPSA) is 49.3 Å². The van der Waals surface area contributed by atoms with Gasteiger partial charge in [0.25, 0.3) is 5.91 Å². The number of amides is 1. The van der Waals surface area contributed by atoms with E-state index in [0.29, 0.717) is 5.56 Å². The molecule has 0 spiro atoms. The Balaban J connectivity index is 2.20. The molecule has 1 amide bonds. The van der Waals surface area contributed by atoms with Crippen LogP contribution in [0, 0.1) is 6.92 Å². The van der Waals surface area contributed by atoms with Crippen LogP contribution in [0.3, 0.4) is 0 Å². The van der Waals surface area contributed by atoms with Gasteiger partial charge in [-0.25, -0.2) is 0 Å². The average Bonchev–Trinajstić information content (AvgIpc) is 2.48. The molecule has 20 heavy (non-hydrogen) atoms. The van der Waals surface area contributed by atoms with Crippen molar-refractivity contribution in [1.82, 2.24) is 5.32 Å². The van der Waals surface area contributed by atoms with E-state index in [2.05, 4.69) is 21.2 Å². The molecule has 0 aliphatic rings. The Morgan fingerprint density at radius 1 is 1.20 bits per heavy atom. The zero-order chi connectivity index (χ0) is 14.5. The molecule has 2 aromatic rings. The summed E-state index contributed by atoms with van der Waals surface area (Å²) >= 11 is 3.41. The summed E-state index contributed by atoms with van der Waals surface area (Å²) in [4.78, 5) is 12.3. The molecular formula is C16H16BrNO2. The van der Waals surface area contributed by atoms with Gasteiger partial charge in [0.05, 0.1) is 12.6 Å². The van der Waals surface area contributed by atoms with Crippen molar-refractivity contribution in [3.05, 3.63) is 69.7 Å². The van der Waals surface area contributed by atoms with Crippen molar-refractivity contribution >= 4 is 21.8 Å². The van der Waals surface area contributed by atoms with Crippen LogP contribution in [0.4, 0.5) is 0 Å². The lowest BCUT2D eigenvalue weighted by Crippen LogP contribution is -2.31. The molecule has 0 fully saturated rings. The molecular weight excluding hydrogens is 318 g/mol. The quantitative estimate of drug-likeness (QED) is 0.902. The number of hydrogen-bond donors (Lipinski definition) is 2. The van der Waals surface area contributed by atoms with E-state index in [0.717, 1.165) is 15.6 Å². The highest BCUT2D eigenvalue weighted by Crippen LogP contribution is 2.20. The molecule has 104 valence electrons. The van der Waals surface area contributed by atoms with Crippen LogP contribution < -0.4 is 5.32 Å². The van der Waals surface area contributed by atoms with Crippen LogP contribution in [0.1, 0.15) is 27.5 Å². The van der Waals surface area contributed by atoms with Gasteiger partial charge in [0.15, 0.2) is 0 Å². The van der Waals surface area contributed by atoms with E-state index in [-0.39, 0.29) is 12.5 Å². The summed E-state index contributed by atoms with van der Waals surface area (Å²) in [6, 6.07) is 14.5. The summed E-state index contributed by atoms with van der Waals surface area (Å²) in [6.07, 6.45) is 0. The molecule has 0 radical (unpaired) electrons. The van der Waals surface area contributed by atoms with E-state index in [4.69, 9.17) is 0 Å². The predicted octanol–water partition coefficient (Wildman–Crippen LogP) is 3.22. The van der Waals surface area contributed by atoms with E-state index < -0.39 is 6.04 Å². The highest BCUT2D eigenvalue weighted by molar-refractivity contribution is 9.10.